The van der Waals surface area contributed by atoms with Crippen molar-refractivity contribution >= 4 is 5.82 Å². The lowest BCUT2D eigenvalue weighted by molar-refractivity contribution is 0.228. The van der Waals surface area contributed by atoms with Crippen molar-refractivity contribution in [2.45, 2.75) is 39.7 Å². The average Bonchev–Trinajstić information content (AvgIpc) is 2.80. The van der Waals surface area contributed by atoms with Gasteiger partial charge in [0.15, 0.2) is 11.5 Å². The van der Waals surface area contributed by atoms with Crippen molar-refractivity contribution in [1.29, 1.82) is 0 Å². The van der Waals surface area contributed by atoms with Crippen molar-refractivity contribution < 1.29 is 14.6 Å². The molecule has 31 heavy (non-hydrogen) atoms. The zero-order chi connectivity index (χ0) is 21.2. The number of aromatic nitrogens is 2. The summed E-state index contributed by atoms with van der Waals surface area (Å²) < 4.78 is 11.1. The Bertz CT molecular complexity index is 919. The van der Waals surface area contributed by atoms with E-state index in [0.717, 1.165) is 29.9 Å². The molecule has 0 radical (unpaired) electrons. The number of nitrogens with one attached hydrogen (secondary N) is 1. The number of benzene rings is 2. The third-order valence-electron chi connectivity index (χ3n) is 4.76. The molecular formula is C25H33N3O3. The highest BCUT2D eigenvalue weighted by molar-refractivity contribution is 5.64. The van der Waals surface area contributed by atoms with Crippen LogP contribution < -0.4 is 14.8 Å². The van der Waals surface area contributed by atoms with Crippen molar-refractivity contribution in [3.05, 3.63) is 66.5 Å². The quantitative estimate of drug-likeness (QED) is 0.397. The molecule has 0 fully saturated rings. The van der Waals surface area contributed by atoms with Gasteiger partial charge in [0, 0.05) is 18.6 Å². The summed E-state index contributed by atoms with van der Waals surface area (Å²) in [4.78, 5) is 9.15. The maximum atomic E-state index is 8.93. The van der Waals surface area contributed by atoms with E-state index in [4.69, 9.17) is 19.6 Å². The third-order valence-corrected chi connectivity index (χ3v) is 4.76. The predicted octanol–water partition coefficient (Wildman–Crippen LogP) is 5.50. The van der Waals surface area contributed by atoms with Crippen LogP contribution in [-0.2, 0) is 0 Å². The summed E-state index contributed by atoms with van der Waals surface area (Å²) in [5.74, 6) is 2.00. The highest BCUT2D eigenvalue weighted by Gasteiger charge is 2.13. The molecule has 3 rings (SSSR count). The third kappa shape index (κ3) is 6.69. The highest BCUT2D eigenvalue weighted by atomic mass is 16.5. The molecule has 166 valence electrons. The summed E-state index contributed by atoms with van der Waals surface area (Å²) in [5, 5.41) is 12.5. The van der Waals surface area contributed by atoms with Crippen LogP contribution in [0.2, 0.25) is 0 Å². The van der Waals surface area contributed by atoms with E-state index in [9.17, 15) is 0 Å². The second kappa shape index (κ2) is 12.5. The van der Waals surface area contributed by atoms with Gasteiger partial charge in [-0.15, -0.1) is 0 Å². The molecule has 1 unspecified atom stereocenters. The first-order valence-corrected chi connectivity index (χ1v) is 10.3. The minimum Gasteiger partial charge on any atom is -0.493 e. The van der Waals surface area contributed by atoms with Gasteiger partial charge >= 0.3 is 0 Å². The number of aliphatic hydroxyl groups is 1. The molecule has 2 N–H and O–H groups in total. The van der Waals surface area contributed by atoms with E-state index in [2.05, 4.69) is 41.5 Å². The molecule has 1 atom stereocenters. The van der Waals surface area contributed by atoms with E-state index >= 15 is 0 Å². The number of hydrogen-bond acceptors (Lipinski definition) is 6. The van der Waals surface area contributed by atoms with Gasteiger partial charge in [-0.3, -0.25) is 4.98 Å². The smallest absolute Gasteiger partial charge is 0.161 e. The Morgan fingerprint density at radius 3 is 2.58 bits per heavy atom. The van der Waals surface area contributed by atoms with E-state index in [0.29, 0.717) is 24.5 Å². The van der Waals surface area contributed by atoms with E-state index in [1.807, 2.05) is 24.3 Å². The molecule has 1 aromatic heterocycles. The molecule has 0 saturated carbocycles. The largest absolute Gasteiger partial charge is 0.493 e. The minimum atomic E-state index is 0. The first-order valence-electron chi connectivity index (χ1n) is 10.3. The summed E-state index contributed by atoms with van der Waals surface area (Å²) in [6.07, 6.45) is 6.13. The van der Waals surface area contributed by atoms with E-state index in [1.165, 1.54) is 5.56 Å². The van der Waals surface area contributed by atoms with Gasteiger partial charge in [-0.05, 0) is 30.2 Å². The summed E-state index contributed by atoms with van der Waals surface area (Å²) in [6.45, 7) is 2.71. The fourth-order valence-electron chi connectivity index (χ4n) is 3.24. The lowest BCUT2D eigenvalue weighted by atomic mass is 10.0. The summed E-state index contributed by atoms with van der Waals surface area (Å²) in [5.41, 5.74) is 2.88. The molecule has 1 heterocycles. The maximum absolute atomic E-state index is 8.93. The van der Waals surface area contributed by atoms with Gasteiger partial charge in [-0.1, -0.05) is 51.1 Å². The van der Waals surface area contributed by atoms with Gasteiger partial charge < -0.3 is 19.9 Å². The number of nitrogens with zero attached hydrogens (tertiary/aromatic N) is 2. The molecule has 2 aromatic carbocycles. The van der Waals surface area contributed by atoms with E-state index in [-0.39, 0.29) is 20.1 Å². The van der Waals surface area contributed by atoms with Crippen LogP contribution in [0.5, 0.6) is 11.5 Å². The van der Waals surface area contributed by atoms with Crippen LogP contribution >= 0.6 is 0 Å². The number of aliphatic hydroxyl groups excluding tert-OH is 1. The van der Waals surface area contributed by atoms with Gasteiger partial charge in [-0.2, -0.15) is 0 Å². The van der Waals surface area contributed by atoms with E-state index < -0.39 is 0 Å². The molecule has 0 amide bonds. The van der Waals surface area contributed by atoms with Crippen LogP contribution in [0, 0.1) is 0 Å². The predicted molar refractivity (Wildman–Crippen MR) is 126 cm³/mol. The van der Waals surface area contributed by atoms with Crippen molar-refractivity contribution in [1.82, 2.24) is 9.97 Å². The molecule has 0 bridgehead atoms. The Kier molecular flexibility index (Phi) is 9.78. The number of hydrogen-bond donors (Lipinski definition) is 2. The van der Waals surface area contributed by atoms with Crippen molar-refractivity contribution in [3.8, 4) is 22.8 Å². The Morgan fingerprint density at radius 1 is 1.06 bits per heavy atom. The summed E-state index contributed by atoms with van der Waals surface area (Å²) in [6, 6.07) is 16.3. The molecule has 0 saturated heterocycles. The molecule has 0 aliphatic heterocycles. The van der Waals surface area contributed by atoms with Crippen molar-refractivity contribution in [2.75, 3.05) is 25.6 Å². The van der Waals surface area contributed by atoms with Crippen molar-refractivity contribution in [2.24, 2.45) is 0 Å². The lowest BCUT2D eigenvalue weighted by Gasteiger charge is -2.19. The minimum absolute atomic E-state index is 0. The maximum Gasteiger partial charge on any atom is 0.161 e. The SMILES string of the molecule is C.CCCC(Nc1cncc(-c2ccc(OCCCO)c(OC)c2)n1)c1ccccc1. The van der Waals surface area contributed by atoms with Crippen LogP contribution in [-0.4, -0.2) is 35.4 Å². The zero-order valence-electron chi connectivity index (χ0n) is 17.5. The topological polar surface area (TPSA) is 76.5 Å². The molecule has 6 heteroatoms. The van der Waals surface area contributed by atoms with Crippen LogP contribution in [0.25, 0.3) is 11.3 Å². The second-order valence-electron chi connectivity index (χ2n) is 6.98. The first-order chi connectivity index (χ1) is 14.7. The van der Waals surface area contributed by atoms with Crippen LogP contribution in [0.15, 0.2) is 60.9 Å². The lowest BCUT2D eigenvalue weighted by Crippen LogP contribution is -2.12. The normalized spacial score (nSPS) is 11.3. The summed E-state index contributed by atoms with van der Waals surface area (Å²) >= 11 is 0. The number of methoxy groups -OCH3 is 1. The molecule has 0 aliphatic carbocycles. The number of rotatable bonds is 11. The first kappa shape index (κ1) is 24.2. The molecule has 3 aromatic rings. The Hall–Kier alpha value is -3.12. The Labute approximate surface area is 185 Å². The fourth-order valence-corrected chi connectivity index (χ4v) is 3.24. The standard InChI is InChI=1S/C24H29N3O3.CH4/c1-3-8-20(18-9-5-4-6-10-18)26-24-17-25-16-21(27-24)19-11-12-22(23(15-19)29-2)30-14-7-13-28;/h4-6,9-12,15-17,20,28H,3,7-8,13-14H2,1-2H3,(H,26,27);1H4. The van der Waals surface area contributed by atoms with Crippen LogP contribution in [0.3, 0.4) is 0 Å². The molecule has 0 aliphatic rings. The monoisotopic (exact) mass is 423 g/mol. The molecule has 6 nitrogen and oxygen atoms in total. The number of ether oxygens (including phenoxy) is 2. The second-order valence-corrected chi connectivity index (χ2v) is 6.98. The van der Waals surface area contributed by atoms with Gasteiger partial charge in [-0.25, -0.2) is 4.98 Å². The van der Waals surface area contributed by atoms with Gasteiger partial charge in [0.05, 0.1) is 37.8 Å². The highest BCUT2D eigenvalue weighted by Crippen LogP contribution is 2.32. The van der Waals surface area contributed by atoms with Gasteiger partial charge in [0.25, 0.3) is 0 Å². The van der Waals surface area contributed by atoms with Crippen molar-refractivity contribution in [3.63, 3.8) is 0 Å². The Balaban J connectivity index is 0.00000341. The zero-order valence-corrected chi connectivity index (χ0v) is 17.5. The molecular weight excluding hydrogens is 390 g/mol. The van der Waals surface area contributed by atoms with E-state index in [1.54, 1.807) is 19.5 Å². The van der Waals surface area contributed by atoms with Gasteiger partial charge in [0.1, 0.15) is 5.82 Å². The van der Waals surface area contributed by atoms with Crippen LogP contribution in [0.4, 0.5) is 5.82 Å². The summed E-state index contributed by atoms with van der Waals surface area (Å²) in [7, 11) is 1.61. The Morgan fingerprint density at radius 2 is 1.87 bits per heavy atom. The van der Waals surface area contributed by atoms with Gasteiger partial charge in [0.2, 0.25) is 0 Å². The average molecular weight is 424 g/mol. The number of anilines is 1. The fraction of sp³-hybridized carbons (Fsp3) is 0.360. The molecule has 0 spiro atoms. The van der Waals surface area contributed by atoms with Crippen LogP contribution in [0.1, 0.15) is 45.2 Å².